The quantitative estimate of drug-likeness (QED) is 0.736. The molecule has 3 N–H and O–H groups in total. The molecule has 0 unspecified atom stereocenters. The van der Waals surface area contributed by atoms with E-state index in [9.17, 15) is 15.0 Å². The van der Waals surface area contributed by atoms with Crippen LogP contribution in [0.25, 0.3) is 16.5 Å². The maximum absolute atomic E-state index is 11.7. The van der Waals surface area contributed by atoms with Crippen molar-refractivity contribution in [2.24, 2.45) is 0 Å². The second-order valence-corrected chi connectivity index (χ2v) is 5.85. The summed E-state index contributed by atoms with van der Waals surface area (Å²) in [5.41, 5.74) is 4.07. The summed E-state index contributed by atoms with van der Waals surface area (Å²) < 4.78 is 0. The molecule has 5 heteroatoms. The first kappa shape index (κ1) is 12.6. The van der Waals surface area contributed by atoms with E-state index in [1.807, 2.05) is 36.3 Å². The number of carbonyl (C=O) groups is 1. The minimum absolute atomic E-state index is 0.00778. The average Bonchev–Trinajstić information content (AvgIpc) is 2.84. The van der Waals surface area contributed by atoms with Crippen molar-refractivity contribution in [3.63, 3.8) is 0 Å². The Morgan fingerprint density at radius 3 is 3.00 bits per heavy atom. The topological polar surface area (TPSA) is 76.6 Å². The molecule has 0 saturated heterocycles. The number of carboxylic acids is 1. The van der Waals surface area contributed by atoms with E-state index in [2.05, 4.69) is 4.98 Å². The summed E-state index contributed by atoms with van der Waals surface area (Å²) >= 11 is 0. The first-order valence-electron chi connectivity index (χ1n) is 7.03. The van der Waals surface area contributed by atoms with Crippen LogP contribution in [-0.2, 0) is 11.2 Å². The third kappa shape index (κ3) is 1.61. The fourth-order valence-corrected chi connectivity index (χ4v) is 3.76. The molecule has 1 aliphatic heterocycles. The van der Waals surface area contributed by atoms with E-state index < -0.39 is 12.1 Å². The standard InChI is InChI=1S/C16H16N2O3/c1-18-7-12(19)15(16(20)21)14-9-3-2-4-10-13(9)8(6-17-10)5-11(14)18/h2-4,6,11-12,17,19H,5,7H2,1H3,(H,20,21)/t11-,12+/m1/s1. The molecule has 1 aliphatic carbocycles. The molecular weight excluding hydrogens is 268 g/mol. The minimum atomic E-state index is -1.02. The van der Waals surface area contributed by atoms with Gasteiger partial charge in [0.1, 0.15) is 0 Å². The van der Waals surface area contributed by atoms with Gasteiger partial charge in [0, 0.05) is 29.7 Å². The van der Waals surface area contributed by atoms with Crippen molar-refractivity contribution in [2.45, 2.75) is 18.6 Å². The summed E-state index contributed by atoms with van der Waals surface area (Å²) in [6.07, 6.45) is 1.82. The van der Waals surface area contributed by atoms with Crippen LogP contribution in [0.1, 0.15) is 11.1 Å². The molecule has 0 fully saturated rings. The molecule has 5 nitrogen and oxygen atoms in total. The molecule has 108 valence electrons. The molecule has 0 saturated carbocycles. The number of aliphatic carboxylic acids is 1. The van der Waals surface area contributed by atoms with Crippen molar-refractivity contribution in [3.05, 3.63) is 41.1 Å². The second kappa shape index (κ2) is 4.19. The predicted molar refractivity (Wildman–Crippen MR) is 79.0 cm³/mol. The number of aromatic nitrogens is 1. The Bertz CT molecular complexity index is 790. The van der Waals surface area contributed by atoms with E-state index in [0.29, 0.717) is 6.54 Å². The van der Waals surface area contributed by atoms with Gasteiger partial charge < -0.3 is 15.2 Å². The van der Waals surface area contributed by atoms with Crippen molar-refractivity contribution in [2.75, 3.05) is 13.6 Å². The third-order valence-electron chi connectivity index (χ3n) is 4.67. The van der Waals surface area contributed by atoms with Gasteiger partial charge in [-0.2, -0.15) is 0 Å². The Morgan fingerprint density at radius 1 is 1.43 bits per heavy atom. The molecule has 21 heavy (non-hydrogen) atoms. The monoisotopic (exact) mass is 284 g/mol. The Labute approximate surface area is 121 Å². The number of hydrogen-bond acceptors (Lipinski definition) is 3. The van der Waals surface area contributed by atoms with E-state index in [4.69, 9.17) is 0 Å². The highest BCUT2D eigenvalue weighted by Crippen LogP contribution is 2.42. The number of carboxylic acid groups (broad SMARTS) is 1. The van der Waals surface area contributed by atoms with Crippen molar-refractivity contribution in [1.29, 1.82) is 0 Å². The molecular formula is C16H16N2O3. The van der Waals surface area contributed by atoms with Crippen molar-refractivity contribution < 1.29 is 15.0 Å². The van der Waals surface area contributed by atoms with Crippen LogP contribution < -0.4 is 0 Å². The highest BCUT2D eigenvalue weighted by atomic mass is 16.4. The van der Waals surface area contributed by atoms with E-state index in [0.717, 1.165) is 28.5 Å². The molecule has 1 aromatic heterocycles. The van der Waals surface area contributed by atoms with Gasteiger partial charge >= 0.3 is 5.97 Å². The Hall–Kier alpha value is -2.11. The molecule has 0 bridgehead atoms. The van der Waals surface area contributed by atoms with Crippen LogP contribution >= 0.6 is 0 Å². The highest BCUT2D eigenvalue weighted by molar-refractivity contribution is 6.06. The van der Waals surface area contributed by atoms with Gasteiger partial charge in [0.05, 0.1) is 11.7 Å². The number of aromatic amines is 1. The maximum atomic E-state index is 11.7. The van der Waals surface area contributed by atoms with E-state index in [-0.39, 0.29) is 11.6 Å². The Balaban J connectivity index is 2.09. The average molecular weight is 284 g/mol. The fraction of sp³-hybridized carbons (Fsp3) is 0.312. The second-order valence-electron chi connectivity index (χ2n) is 5.85. The van der Waals surface area contributed by atoms with Crippen LogP contribution in [-0.4, -0.2) is 51.8 Å². The van der Waals surface area contributed by atoms with Gasteiger partial charge in [-0.3, -0.25) is 4.90 Å². The molecule has 0 amide bonds. The van der Waals surface area contributed by atoms with Crippen LogP contribution in [0.2, 0.25) is 0 Å². The number of aliphatic hydroxyl groups is 1. The van der Waals surface area contributed by atoms with Gasteiger partial charge in [-0.25, -0.2) is 4.79 Å². The number of aliphatic hydroxyl groups excluding tert-OH is 1. The van der Waals surface area contributed by atoms with Gasteiger partial charge in [-0.1, -0.05) is 12.1 Å². The van der Waals surface area contributed by atoms with Crippen LogP contribution in [0, 0.1) is 0 Å². The van der Waals surface area contributed by atoms with Crippen LogP contribution in [0.4, 0.5) is 0 Å². The van der Waals surface area contributed by atoms with E-state index >= 15 is 0 Å². The van der Waals surface area contributed by atoms with Gasteiger partial charge in [-0.15, -0.1) is 0 Å². The first-order chi connectivity index (χ1) is 10.1. The molecule has 2 aliphatic rings. The number of benzene rings is 1. The van der Waals surface area contributed by atoms with Gasteiger partial charge in [0.25, 0.3) is 0 Å². The molecule has 2 aromatic rings. The maximum Gasteiger partial charge on any atom is 0.334 e. The van der Waals surface area contributed by atoms with Gasteiger partial charge in [-0.05, 0) is 36.2 Å². The zero-order chi connectivity index (χ0) is 14.7. The lowest BCUT2D eigenvalue weighted by molar-refractivity contribution is -0.134. The lowest BCUT2D eigenvalue weighted by atomic mass is 9.78. The SMILES string of the molecule is CN1C[C@H](O)C(C(=O)O)=C2c3cccc4[nH]cc(c34)C[C@H]21. The van der Waals surface area contributed by atoms with Crippen LogP contribution in [0.3, 0.4) is 0 Å². The fourth-order valence-electron chi connectivity index (χ4n) is 3.76. The smallest absolute Gasteiger partial charge is 0.334 e. The van der Waals surface area contributed by atoms with E-state index in [1.54, 1.807) is 0 Å². The molecule has 0 radical (unpaired) electrons. The number of fused-ring (bicyclic) bond motifs is 2. The largest absolute Gasteiger partial charge is 0.478 e. The van der Waals surface area contributed by atoms with Crippen molar-refractivity contribution >= 4 is 22.4 Å². The summed E-state index contributed by atoms with van der Waals surface area (Å²) in [5, 5.41) is 20.8. The third-order valence-corrected chi connectivity index (χ3v) is 4.67. The minimum Gasteiger partial charge on any atom is -0.478 e. The van der Waals surface area contributed by atoms with Crippen LogP contribution in [0.15, 0.2) is 30.0 Å². The van der Waals surface area contributed by atoms with Gasteiger partial charge in [0.15, 0.2) is 0 Å². The number of likely N-dealkylation sites (N-methyl/N-ethyl adjacent to an activating group) is 1. The van der Waals surface area contributed by atoms with Crippen molar-refractivity contribution in [1.82, 2.24) is 9.88 Å². The zero-order valence-electron chi connectivity index (χ0n) is 11.6. The first-order valence-corrected chi connectivity index (χ1v) is 7.03. The van der Waals surface area contributed by atoms with Crippen molar-refractivity contribution in [3.8, 4) is 0 Å². The number of hydrogen-bond donors (Lipinski definition) is 3. The summed E-state index contributed by atoms with van der Waals surface area (Å²) in [6.45, 7) is 0.353. The summed E-state index contributed by atoms with van der Waals surface area (Å²) in [6, 6.07) is 5.88. The molecule has 2 heterocycles. The summed E-state index contributed by atoms with van der Waals surface area (Å²) in [7, 11) is 1.93. The Morgan fingerprint density at radius 2 is 2.24 bits per heavy atom. The number of H-pyrrole nitrogens is 1. The normalized spacial score (nSPS) is 25.2. The number of nitrogens with one attached hydrogen (secondary N) is 1. The predicted octanol–water partition coefficient (Wildman–Crippen LogP) is 1.24. The molecule has 0 spiro atoms. The molecule has 1 aromatic carbocycles. The summed E-state index contributed by atoms with van der Waals surface area (Å²) in [4.78, 5) is 16.9. The molecule has 2 atom stereocenters. The Kier molecular flexibility index (Phi) is 2.52. The van der Waals surface area contributed by atoms with E-state index in [1.165, 1.54) is 5.56 Å². The lowest BCUT2D eigenvalue weighted by Crippen LogP contribution is -2.47. The number of β-amino-alcohol motifs (C(OH)–C–C–N with tert-alkyl or cyclic N) is 1. The number of nitrogens with zero attached hydrogens (tertiary/aromatic N) is 1. The highest BCUT2D eigenvalue weighted by Gasteiger charge is 2.39. The van der Waals surface area contributed by atoms with Gasteiger partial charge in [0.2, 0.25) is 0 Å². The zero-order valence-corrected chi connectivity index (χ0v) is 11.6. The van der Waals surface area contributed by atoms with Crippen LogP contribution in [0.5, 0.6) is 0 Å². The lowest BCUT2D eigenvalue weighted by Gasteiger charge is -2.40. The summed E-state index contributed by atoms with van der Waals surface area (Å²) in [5.74, 6) is -1.02. The molecule has 4 rings (SSSR count). The number of rotatable bonds is 1.